The summed E-state index contributed by atoms with van der Waals surface area (Å²) in [5.41, 5.74) is 7.76. The van der Waals surface area contributed by atoms with Gasteiger partial charge in [0.05, 0.1) is 5.92 Å². The number of aryl methyl sites for hydroxylation is 1. The van der Waals surface area contributed by atoms with Crippen molar-refractivity contribution >= 4 is 11.8 Å². The predicted molar refractivity (Wildman–Crippen MR) is 56.5 cm³/mol. The van der Waals surface area contributed by atoms with Gasteiger partial charge in [-0.05, 0) is 31.4 Å². The van der Waals surface area contributed by atoms with Gasteiger partial charge in [0.15, 0.2) is 0 Å². The molecule has 1 aromatic heterocycles. The number of aromatic nitrogens is 1. The van der Waals surface area contributed by atoms with Crippen molar-refractivity contribution in [3.05, 3.63) is 23.4 Å². The van der Waals surface area contributed by atoms with Crippen LogP contribution in [0, 0.1) is 12.8 Å². The molecule has 4 nitrogen and oxygen atoms in total. The summed E-state index contributed by atoms with van der Waals surface area (Å²) >= 11 is 0. The minimum atomic E-state index is -0.728. The van der Waals surface area contributed by atoms with Crippen molar-refractivity contribution < 1.29 is 9.90 Å². The summed E-state index contributed by atoms with van der Waals surface area (Å²) in [5, 5.41) is 8.99. The predicted octanol–water partition coefficient (Wildman–Crippen LogP) is 1.55. The van der Waals surface area contributed by atoms with Crippen molar-refractivity contribution in [3.63, 3.8) is 0 Å². The van der Waals surface area contributed by atoms with Crippen LogP contribution < -0.4 is 5.73 Å². The van der Waals surface area contributed by atoms with Crippen LogP contribution in [-0.4, -0.2) is 16.1 Å². The topological polar surface area (TPSA) is 76.2 Å². The molecule has 0 radical (unpaired) electrons. The molecule has 1 heterocycles. The molecule has 3 N–H and O–H groups in total. The van der Waals surface area contributed by atoms with E-state index in [4.69, 9.17) is 10.8 Å². The first-order chi connectivity index (χ1) is 7.11. The van der Waals surface area contributed by atoms with Crippen LogP contribution in [0.15, 0.2) is 12.3 Å². The number of hydrogen-bond acceptors (Lipinski definition) is 3. The summed E-state index contributed by atoms with van der Waals surface area (Å²) in [6.45, 7) is 1.95. The molecule has 0 aromatic carbocycles. The van der Waals surface area contributed by atoms with Crippen LogP contribution in [-0.2, 0) is 4.79 Å². The van der Waals surface area contributed by atoms with E-state index in [2.05, 4.69) is 4.98 Å². The van der Waals surface area contributed by atoms with E-state index in [0.29, 0.717) is 5.82 Å². The molecule has 1 saturated carbocycles. The lowest BCUT2D eigenvalue weighted by molar-refractivity contribution is -0.145. The normalized spacial score (nSPS) is 24.6. The van der Waals surface area contributed by atoms with E-state index in [1.165, 1.54) is 0 Å². The summed E-state index contributed by atoms with van der Waals surface area (Å²) < 4.78 is 0. The fourth-order valence-corrected chi connectivity index (χ4v) is 2.21. The van der Waals surface area contributed by atoms with Crippen LogP contribution >= 0.6 is 0 Å². The quantitative estimate of drug-likeness (QED) is 0.769. The number of aliphatic carboxylic acids is 1. The number of carboxylic acid groups (broad SMARTS) is 1. The monoisotopic (exact) mass is 206 g/mol. The van der Waals surface area contributed by atoms with Crippen molar-refractivity contribution in [1.82, 2.24) is 4.98 Å². The summed E-state index contributed by atoms with van der Waals surface area (Å²) in [4.78, 5) is 14.9. The number of anilines is 1. The molecule has 0 aliphatic heterocycles. The Morgan fingerprint density at radius 2 is 2.33 bits per heavy atom. The molecular formula is C11H14N2O2. The van der Waals surface area contributed by atoms with E-state index < -0.39 is 5.97 Å². The van der Waals surface area contributed by atoms with Gasteiger partial charge in [0.2, 0.25) is 0 Å². The van der Waals surface area contributed by atoms with Gasteiger partial charge in [0.1, 0.15) is 5.82 Å². The molecule has 2 rings (SSSR count). The molecule has 80 valence electrons. The number of carbonyl (C=O) groups is 1. The molecule has 0 spiro atoms. The van der Waals surface area contributed by atoms with Crippen molar-refractivity contribution in [1.29, 1.82) is 0 Å². The van der Waals surface area contributed by atoms with Gasteiger partial charge >= 0.3 is 5.97 Å². The van der Waals surface area contributed by atoms with Gasteiger partial charge in [0.25, 0.3) is 0 Å². The molecule has 0 saturated heterocycles. The molecule has 4 heteroatoms. The highest BCUT2D eigenvalue weighted by atomic mass is 16.4. The Balaban J connectivity index is 2.34. The van der Waals surface area contributed by atoms with Crippen LogP contribution in [0.3, 0.4) is 0 Å². The number of carboxylic acids is 1. The molecule has 1 aromatic rings. The van der Waals surface area contributed by atoms with E-state index in [1.807, 2.05) is 13.0 Å². The van der Waals surface area contributed by atoms with Crippen LogP contribution in [0.1, 0.15) is 29.9 Å². The molecule has 1 aliphatic rings. The number of rotatable bonds is 2. The minimum Gasteiger partial charge on any atom is -0.481 e. The van der Waals surface area contributed by atoms with E-state index in [9.17, 15) is 4.79 Å². The molecule has 0 bridgehead atoms. The fraction of sp³-hybridized carbons (Fsp3) is 0.455. The van der Waals surface area contributed by atoms with Gasteiger partial charge in [-0.1, -0.05) is 0 Å². The smallest absolute Gasteiger partial charge is 0.307 e. The first kappa shape index (κ1) is 9.96. The first-order valence-corrected chi connectivity index (χ1v) is 5.05. The fourth-order valence-electron chi connectivity index (χ4n) is 2.21. The molecule has 15 heavy (non-hydrogen) atoms. The minimum absolute atomic E-state index is 0.0520. The number of pyridine rings is 1. The van der Waals surface area contributed by atoms with Crippen LogP contribution in [0.5, 0.6) is 0 Å². The van der Waals surface area contributed by atoms with Gasteiger partial charge in [0, 0.05) is 17.7 Å². The first-order valence-electron chi connectivity index (χ1n) is 5.05. The third kappa shape index (κ3) is 1.56. The number of nitrogens with two attached hydrogens (primary N) is 1. The Labute approximate surface area is 88.1 Å². The largest absolute Gasteiger partial charge is 0.481 e. The second kappa shape index (κ2) is 3.53. The highest BCUT2D eigenvalue weighted by molar-refractivity contribution is 5.73. The molecule has 0 amide bonds. The second-order valence-electron chi connectivity index (χ2n) is 4.06. The Hall–Kier alpha value is -1.58. The van der Waals surface area contributed by atoms with E-state index in [0.717, 1.165) is 24.0 Å². The third-order valence-electron chi connectivity index (χ3n) is 3.20. The van der Waals surface area contributed by atoms with Gasteiger partial charge in [-0.15, -0.1) is 0 Å². The average molecular weight is 206 g/mol. The van der Waals surface area contributed by atoms with E-state index >= 15 is 0 Å². The summed E-state index contributed by atoms with van der Waals surface area (Å²) in [5.74, 6) is -0.480. The molecular weight excluding hydrogens is 192 g/mol. The van der Waals surface area contributed by atoms with Gasteiger partial charge in [-0.3, -0.25) is 4.79 Å². The second-order valence-corrected chi connectivity index (χ2v) is 4.06. The lowest BCUT2D eigenvalue weighted by Crippen LogP contribution is -2.32. The van der Waals surface area contributed by atoms with Crippen LogP contribution in [0.2, 0.25) is 0 Å². The molecule has 1 fully saturated rings. The van der Waals surface area contributed by atoms with Gasteiger partial charge in [-0.25, -0.2) is 4.98 Å². The maximum Gasteiger partial charge on any atom is 0.307 e. The summed E-state index contributed by atoms with van der Waals surface area (Å²) in [6.07, 6.45) is 3.30. The highest BCUT2D eigenvalue weighted by Crippen LogP contribution is 2.45. The zero-order valence-electron chi connectivity index (χ0n) is 8.60. The van der Waals surface area contributed by atoms with Crippen LogP contribution in [0.25, 0.3) is 0 Å². The van der Waals surface area contributed by atoms with E-state index in [-0.39, 0.29) is 11.8 Å². The maximum atomic E-state index is 10.9. The Morgan fingerprint density at radius 3 is 2.80 bits per heavy atom. The van der Waals surface area contributed by atoms with Crippen molar-refractivity contribution in [3.8, 4) is 0 Å². The molecule has 2 atom stereocenters. The lowest BCUT2D eigenvalue weighted by atomic mass is 9.69. The van der Waals surface area contributed by atoms with Crippen molar-refractivity contribution in [2.75, 3.05) is 5.73 Å². The van der Waals surface area contributed by atoms with Gasteiger partial charge in [-0.2, -0.15) is 0 Å². The lowest BCUT2D eigenvalue weighted by Gasteiger charge is -2.34. The van der Waals surface area contributed by atoms with Gasteiger partial charge < -0.3 is 10.8 Å². The Kier molecular flexibility index (Phi) is 2.34. The van der Waals surface area contributed by atoms with Crippen LogP contribution in [0.4, 0.5) is 5.82 Å². The average Bonchev–Trinajstić information content (AvgIpc) is 2.08. The van der Waals surface area contributed by atoms with E-state index in [1.54, 1.807) is 6.20 Å². The SMILES string of the molecule is Cc1ccnc(N)c1C1CCC1C(=O)O. The Bertz CT molecular complexity index is 383. The standard InChI is InChI=1S/C11H14N2O2/c1-6-4-5-13-10(12)9(6)7-2-3-8(7)11(14)15/h4-5,7-8H,2-3H2,1H3,(H2,12,13)(H,14,15). The van der Waals surface area contributed by atoms with Crippen molar-refractivity contribution in [2.45, 2.75) is 25.7 Å². The number of nitrogens with zero attached hydrogens (tertiary/aromatic N) is 1. The molecule has 2 unspecified atom stereocenters. The zero-order valence-corrected chi connectivity index (χ0v) is 8.60. The summed E-state index contributed by atoms with van der Waals surface area (Å²) in [7, 11) is 0. The Morgan fingerprint density at radius 1 is 1.60 bits per heavy atom. The molecule has 1 aliphatic carbocycles. The van der Waals surface area contributed by atoms with Crippen molar-refractivity contribution in [2.24, 2.45) is 5.92 Å². The third-order valence-corrected chi connectivity index (χ3v) is 3.20. The highest BCUT2D eigenvalue weighted by Gasteiger charge is 2.39. The number of nitrogen functional groups attached to an aromatic ring is 1. The zero-order chi connectivity index (χ0) is 11.0. The summed E-state index contributed by atoms with van der Waals surface area (Å²) in [6, 6.07) is 1.88. The number of hydrogen-bond donors (Lipinski definition) is 2. The maximum absolute atomic E-state index is 10.9.